The zero-order valence-corrected chi connectivity index (χ0v) is 13.2. The molecule has 1 aromatic rings. The predicted octanol–water partition coefficient (Wildman–Crippen LogP) is 1.89. The number of likely N-dealkylation sites (tertiary alicyclic amines) is 1. The Morgan fingerprint density at radius 3 is 2.48 bits per heavy atom. The normalized spacial score (nSPS) is 16.8. The molecule has 1 fully saturated rings. The van der Waals surface area contributed by atoms with Gasteiger partial charge in [0, 0.05) is 19.1 Å². The maximum Gasteiger partial charge on any atom is 0.321 e. The third kappa shape index (κ3) is 4.87. The van der Waals surface area contributed by atoms with Crippen LogP contribution in [0.3, 0.4) is 0 Å². The summed E-state index contributed by atoms with van der Waals surface area (Å²) < 4.78 is 24.9. The Morgan fingerprint density at radius 1 is 1.29 bits per heavy atom. The first kappa shape index (κ1) is 16.1. The van der Waals surface area contributed by atoms with Crippen LogP contribution in [-0.2, 0) is 10.0 Å². The van der Waals surface area contributed by atoms with Crippen LogP contribution in [0.15, 0.2) is 24.3 Å². The fourth-order valence-corrected chi connectivity index (χ4v) is 3.28. The molecular formula is C13H18ClN3O3S. The van der Waals surface area contributed by atoms with Gasteiger partial charge in [-0.2, -0.15) is 0 Å². The molecule has 1 saturated heterocycles. The number of carbonyl (C=O) groups is 1. The third-order valence-electron chi connectivity index (χ3n) is 3.28. The number of piperidine rings is 1. The second-order valence-corrected chi connectivity index (χ2v) is 7.25. The van der Waals surface area contributed by atoms with E-state index in [9.17, 15) is 13.2 Å². The third-order valence-corrected chi connectivity index (χ3v) is 4.37. The van der Waals surface area contributed by atoms with E-state index in [0.717, 1.165) is 6.26 Å². The number of nitrogens with one attached hydrogen (secondary N) is 2. The lowest BCUT2D eigenvalue weighted by Gasteiger charge is -2.32. The van der Waals surface area contributed by atoms with Crippen LogP contribution in [0.4, 0.5) is 10.5 Å². The van der Waals surface area contributed by atoms with Crippen LogP contribution in [-0.4, -0.2) is 44.7 Å². The van der Waals surface area contributed by atoms with E-state index >= 15 is 0 Å². The van der Waals surface area contributed by atoms with Crippen LogP contribution in [0.2, 0.25) is 5.02 Å². The van der Waals surface area contributed by atoms with Gasteiger partial charge in [-0.3, -0.25) is 0 Å². The summed E-state index contributed by atoms with van der Waals surface area (Å²) in [6, 6.07) is 6.70. The fraction of sp³-hybridized carbons (Fsp3) is 0.462. The summed E-state index contributed by atoms with van der Waals surface area (Å²) in [7, 11) is -3.20. The average molecular weight is 332 g/mol. The van der Waals surface area contributed by atoms with Crippen molar-refractivity contribution in [2.24, 2.45) is 0 Å². The van der Waals surface area contributed by atoms with Crippen LogP contribution < -0.4 is 10.0 Å². The van der Waals surface area contributed by atoms with Crippen LogP contribution in [0.1, 0.15) is 12.8 Å². The molecule has 6 nitrogen and oxygen atoms in total. The van der Waals surface area contributed by atoms with Gasteiger partial charge in [-0.15, -0.1) is 0 Å². The Hall–Kier alpha value is -1.31. The van der Waals surface area contributed by atoms with Gasteiger partial charge in [-0.25, -0.2) is 17.9 Å². The van der Waals surface area contributed by atoms with Gasteiger partial charge >= 0.3 is 6.03 Å². The lowest BCUT2D eigenvalue weighted by molar-refractivity contribution is 0.193. The molecule has 0 bridgehead atoms. The molecule has 1 aliphatic rings. The summed E-state index contributed by atoms with van der Waals surface area (Å²) in [5.74, 6) is 0. The lowest BCUT2D eigenvalue weighted by Crippen LogP contribution is -2.47. The van der Waals surface area contributed by atoms with Crippen molar-refractivity contribution < 1.29 is 13.2 Å². The molecule has 0 aliphatic carbocycles. The first-order valence-electron chi connectivity index (χ1n) is 6.63. The first-order chi connectivity index (χ1) is 9.85. The van der Waals surface area contributed by atoms with Crippen molar-refractivity contribution in [2.45, 2.75) is 18.9 Å². The lowest BCUT2D eigenvalue weighted by atomic mass is 10.1. The van der Waals surface area contributed by atoms with E-state index in [4.69, 9.17) is 11.6 Å². The van der Waals surface area contributed by atoms with E-state index in [1.165, 1.54) is 0 Å². The molecule has 0 aromatic heterocycles. The number of carbonyl (C=O) groups excluding carboxylic acids is 1. The van der Waals surface area contributed by atoms with Crippen LogP contribution in [0, 0.1) is 0 Å². The van der Waals surface area contributed by atoms with E-state index in [1.54, 1.807) is 29.2 Å². The Bertz CT molecular complexity index is 613. The number of urea groups is 1. The maximum atomic E-state index is 12.1. The smallest absolute Gasteiger partial charge is 0.321 e. The van der Waals surface area contributed by atoms with Crippen molar-refractivity contribution >= 4 is 33.3 Å². The van der Waals surface area contributed by atoms with Crippen molar-refractivity contribution in [3.8, 4) is 0 Å². The molecular weight excluding hydrogens is 314 g/mol. The summed E-state index contributed by atoms with van der Waals surface area (Å²) in [4.78, 5) is 13.8. The Morgan fingerprint density at radius 2 is 1.90 bits per heavy atom. The Labute approximate surface area is 129 Å². The van der Waals surface area contributed by atoms with Gasteiger partial charge in [0.15, 0.2) is 0 Å². The molecule has 0 radical (unpaired) electrons. The summed E-state index contributed by atoms with van der Waals surface area (Å²) in [6.07, 6.45) is 2.34. The largest absolute Gasteiger partial charge is 0.324 e. The van der Waals surface area contributed by atoms with Gasteiger partial charge in [0.2, 0.25) is 10.0 Å². The SMILES string of the molecule is CS(=O)(=O)NC1CCN(C(=O)Nc2ccccc2Cl)CC1. The molecule has 8 heteroatoms. The molecule has 0 atom stereocenters. The molecule has 0 unspecified atom stereocenters. The topological polar surface area (TPSA) is 78.5 Å². The molecule has 1 aromatic carbocycles. The summed E-state index contributed by atoms with van der Waals surface area (Å²) >= 11 is 5.99. The van der Waals surface area contributed by atoms with E-state index in [1.807, 2.05) is 0 Å². The minimum Gasteiger partial charge on any atom is -0.324 e. The van der Waals surface area contributed by atoms with E-state index in [2.05, 4.69) is 10.0 Å². The highest BCUT2D eigenvalue weighted by molar-refractivity contribution is 7.88. The molecule has 116 valence electrons. The molecule has 1 aliphatic heterocycles. The van der Waals surface area contributed by atoms with Crippen molar-refractivity contribution in [1.29, 1.82) is 0 Å². The quantitative estimate of drug-likeness (QED) is 0.887. The minimum atomic E-state index is -3.20. The summed E-state index contributed by atoms with van der Waals surface area (Å²) in [5, 5.41) is 3.25. The molecule has 0 saturated carbocycles. The maximum absolute atomic E-state index is 12.1. The van der Waals surface area contributed by atoms with E-state index in [-0.39, 0.29) is 12.1 Å². The van der Waals surface area contributed by atoms with Crippen molar-refractivity contribution in [2.75, 3.05) is 24.7 Å². The highest BCUT2D eigenvalue weighted by Crippen LogP contribution is 2.21. The fourth-order valence-electron chi connectivity index (χ4n) is 2.26. The van der Waals surface area contributed by atoms with E-state index < -0.39 is 10.0 Å². The van der Waals surface area contributed by atoms with Crippen molar-refractivity contribution in [1.82, 2.24) is 9.62 Å². The van der Waals surface area contributed by atoms with Gasteiger partial charge in [0.25, 0.3) is 0 Å². The number of amides is 2. The standard InChI is InChI=1S/C13H18ClN3O3S/c1-21(19,20)16-10-6-8-17(9-7-10)13(18)15-12-5-3-2-4-11(12)14/h2-5,10,16H,6-9H2,1H3,(H,15,18). The van der Waals surface area contributed by atoms with Gasteiger partial charge in [-0.1, -0.05) is 23.7 Å². The van der Waals surface area contributed by atoms with Gasteiger partial charge in [-0.05, 0) is 25.0 Å². The van der Waals surface area contributed by atoms with Crippen molar-refractivity contribution in [3.63, 3.8) is 0 Å². The summed E-state index contributed by atoms with van der Waals surface area (Å²) in [6.45, 7) is 1.01. The van der Waals surface area contributed by atoms with Gasteiger partial charge in [0.05, 0.1) is 17.0 Å². The molecule has 2 rings (SSSR count). The molecule has 2 N–H and O–H groups in total. The predicted molar refractivity (Wildman–Crippen MR) is 83.0 cm³/mol. The monoisotopic (exact) mass is 331 g/mol. The Kier molecular flexibility index (Phi) is 5.08. The van der Waals surface area contributed by atoms with Crippen LogP contribution >= 0.6 is 11.6 Å². The number of hydrogen-bond donors (Lipinski definition) is 2. The first-order valence-corrected chi connectivity index (χ1v) is 8.90. The number of hydrogen-bond acceptors (Lipinski definition) is 3. The Balaban J connectivity index is 1.88. The zero-order valence-electron chi connectivity index (χ0n) is 11.7. The number of benzene rings is 1. The summed E-state index contributed by atoms with van der Waals surface area (Å²) in [5.41, 5.74) is 0.570. The number of para-hydroxylation sites is 1. The van der Waals surface area contributed by atoms with Crippen LogP contribution in [0.25, 0.3) is 0 Å². The van der Waals surface area contributed by atoms with E-state index in [0.29, 0.717) is 36.6 Å². The van der Waals surface area contributed by atoms with Gasteiger partial charge in [0.1, 0.15) is 0 Å². The van der Waals surface area contributed by atoms with Crippen molar-refractivity contribution in [3.05, 3.63) is 29.3 Å². The molecule has 21 heavy (non-hydrogen) atoms. The molecule has 0 spiro atoms. The molecule has 1 heterocycles. The number of rotatable bonds is 3. The molecule has 2 amide bonds. The second kappa shape index (κ2) is 6.64. The minimum absolute atomic E-state index is 0.107. The average Bonchev–Trinajstić information content (AvgIpc) is 2.40. The van der Waals surface area contributed by atoms with Crippen LogP contribution in [0.5, 0.6) is 0 Å². The number of anilines is 1. The highest BCUT2D eigenvalue weighted by Gasteiger charge is 2.24. The number of sulfonamides is 1. The number of nitrogens with zero attached hydrogens (tertiary/aromatic N) is 1. The highest BCUT2D eigenvalue weighted by atomic mass is 35.5. The zero-order chi connectivity index (χ0) is 15.5. The second-order valence-electron chi connectivity index (χ2n) is 5.06. The number of halogens is 1. The van der Waals surface area contributed by atoms with Gasteiger partial charge < -0.3 is 10.2 Å².